The number of rotatable bonds is 9. The SMILES string of the molecule is CC(C)NC(=O)c1coc(CN(CCN2CCOCC2)Cc2ccccc2Cl)n1. The fraction of sp³-hybridized carbons (Fsp3) is 0.524. The van der Waals surface area contributed by atoms with Crippen LogP contribution in [0.15, 0.2) is 34.9 Å². The molecule has 158 valence electrons. The lowest BCUT2D eigenvalue weighted by Crippen LogP contribution is -2.41. The average Bonchev–Trinajstić information content (AvgIpc) is 3.17. The van der Waals surface area contributed by atoms with Crippen molar-refractivity contribution in [3.05, 3.63) is 52.7 Å². The number of hydrogen-bond acceptors (Lipinski definition) is 6. The van der Waals surface area contributed by atoms with Crippen molar-refractivity contribution in [1.29, 1.82) is 0 Å². The molecular weight excluding hydrogens is 392 g/mol. The van der Waals surface area contributed by atoms with Crippen LogP contribution in [-0.4, -0.2) is 66.1 Å². The summed E-state index contributed by atoms with van der Waals surface area (Å²) in [6, 6.07) is 7.89. The quantitative estimate of drug-likeness (QED) is 0.672. The van der Waals surface area contributed by atoms with Gasteiger partial charge in [-0.05, 0) is 25.5 Å². The number of carbonyl (C=O) groups is 1. The molecule has 1 amide bonds. The van der Waals surface area contributed by atoms with E-state index in [1.807, 2.05) is 38.1 Å². The van der Waals surface area contributed by atoms with Crippen LogP contribution in [0.3, 0.4) is 0 Å². The molecule has 1 aliphatic heterocycles. The zero-order chi connectivity index (χ0) is 20.6. The molecule has 0 unspecified atom stereocenters. The Labute approximate surface area is 177 Å². The van der Waals surface area contributed by atoms with Gasteiger partial charge in [0.1, 0.15) is 6.26 Å². The molecule has 8 heteroatoms. The predicted molar refractivity (Wildman–Crippen MR) is 112 cm³/mol. The maximum atomic E-state index is 12.1. The van der Waals surface area contributed by atoms with E-state index in [4.69, 9.17) is 20.8 Å². The summed E-state index contributed by atoms with van der Waals surface area (Å²) in [6.07, 6.45) is 1.42. The number of carbonyl (C=O) groups excluding carboxylic acids is 1. The smallest absolute Gasteiger partial charge is 0.273 e. The van der Waals surface area contributed by atoms with Gasteiger partial charge in [-0.2, -0.15) is 0 Å². The first kappa shape index (κ1) is 21.8. The summed E-state index contributed by atoms with van der Waals surface area (Å²) in [5.74, 6) is 0.300. The van der Waals surface area contributed by atoms with E-state index >= 15 is 0 Å². The van der Waals surface area contributed by atoms with Crippen LogP contribution in [0, 0.1) is 0 Å². The van der Waals surface area contributed by atoms with E-state index in [9.17, 15) is 4.79 Å². The van der Waals surface area contributed by atoms with Gasteiger partial charge in [-0.1, -0.05) is 29.8 Å². The fourth-order valence-corrected chi connectivity index (χ4v) is 3.40. The van der Waals surface area contributed by atoms with E-state index < -0.39 is 0 Å². The minimum Gasteiger partial charge on any atom is -0.447 e. The van der Waals surface area contributed by atoms with Crippen LogP contribution in [0.1, 0.15) is 35.8 Å². The second kappa shape index (κ2) is 10.7. The molecule has 0 saturated carbocycles. The molecule has 1 N–H and O–H groups in total. The molecule has 1 aromatic heterocycles. The standard InChI is InChI=1S/C21H29ClN4O3/c1-16(2)23-21(27)19-15-29-20(24-19)14-26(8-7-25-9-11-28-12-10-25)13-17-5-3-4-6-18(17)22/h3-6,15-16H,7-14H2,1-2H3,(H,23,27). The first-order valence-electron chi connectivity index (χ1n) is 10.0. The first-order valence-corrected chi connectivity index (χ1v) is 10.4. The largest absolute Gasteiger partial charge is 0.447 e. The zero-order valence-corrected chi connectivity index (χ0v) is 17.8. The molecule has 29 heavy (non-hydrogen) atoms. The molecule has 3 rings (SSSR count). The molecule has 0 radical (unpaired) electrons. The molecule has 1 aliphatic rings. The second-order valence-electron chi connectivity index (χ2n) is 7.51. The molecule has 0 atom stereocenters. The summed E-state index contributed by atoms with van der Waals surface area (Å²) in [5.41, 5.74) is 1.36. The number of nitrogens with one attached hydrogen (secondary N) is 1. The monoisotopic (exact) mass is 420 g/mol. The van der Waals surface area contributed by atoms with Crippen molar-refractivity contribution in [1.82, 2.24) is 20.1 Å². The van der Waals surface area contributed by atoms with E-state index in [1.165, 1.54) is 6.26 Å². The fourth-order valence-electron chi connectivity index (χ4n) is 3.20. The van der Waals surface area contributed by atoms with Crippen molar-refractivity contribution in [3.8, 4) is 0 Å². The second-order valence-corrected chi connectivity index (χ2v) is 7.92. The Bertz CT molecular complexity index is 790. The Balaban J connectivity index is 1.66. The Hall–Kier alpha value is -1.93. The molecule has 2 aromatic rings. The van der Waals surface area contributed by atoms with Gasteiger partial charge in [0.05, 0.1) is 19.8 Å². The number of benzene rings is 1. The Morgan fingerprint density at radius 2 is 2.03 bits per heavy atom. The molecule has 1 saturated heterocycles. The molecule has 0 bridgehead atoms. The highest BCUT2D eigenvalue weighted by molar-refractivity contribution is 6.31. The third kappa shape index (κ3) is 6.82. The lowest BCUT2D eigenvalue weighted by atomic mass is 10.2. The van der Waals surface area contributed by atoms with Crippen LogP contribution in [0.5, 0.6) is 0 Å². The highest BCUT2D eigenvalue weighted by atomic mass is 35.5. The predicted octanol–water partition coefficient (Wildman–Crippen LogP) is 2.80. The Kier molecular flexibility index (Phi) is 8.06. The number of nitrogens with zero attached hydrogens (tertiary/aromatic N) is 3. The Morgan fingerprint density at radius 3 is 2.76 bits per heavy atom. The normalized spacial score (nSPS) is 15.2. The Morgan fingerprint density at radius 1 is 1.28 bits per heavy atom. The minimum absolute atomic E-state index is 0.0490. The summed E-state index contributed by atoms with van der Waals surface area (Å²) in [7, 11) is 0. The topological polar surface area (TPSA) is 70.8 Å². The lowest BCUT2D eigenvalue weighted by molar-refractivity contribution is 0.0320. The van der Waals surface area contributed by atoms with Gasteiger partial charge in [0.25, 0.3) is 5.91 Å². The van der Waals surface area contributed by atoms with Crippen molar-refractivity contribution < 1.29 is 13.9 Å². The number of oxazole rings is 1. The van der Waals surface area contributed by atoms with E-state index in [-0.39, 0.29) is 11.9 Å². The number of hydrogen-bond donors (Lipinski definition) is 1. The van der Waals surface area contributed by atoms with Crippen molar-refractivity contribution in [3.63, 3.8) is 0 Å². The van der Waals surface area contributed by atoms with Crippen LogP contribution in [0.25, 0.3) is 0 Å². The van der Waals surface area contributed by atoms with Crippen LogP contribution in [0.4, 0.5) is 0 Å². The number of amides is 1. The van der Waals surface area contributed by atoms with Gasteiger partial charge in [-0.25, -0.2) is 4.98 Å². The number of morpholine rings is 1. The summed E-state index contributed by atoms with van der Waals surface area (Å²) >= 11 is 6.37. The lowest BCUT2D eigenvalue weighted by Gasteiger charge is -2.29. The summed E-state index contributed by atoms with van der Waals surface area (Å²) < 4.78 is 11.0. The van der Waals surface area contributed by atoms with Crippen LogP contribution in [0.2, 0.25) is 5.02 Å². The minimum atomic E-state index is -0.221. The summed E-state index contributed by atoms with van der Waals surface area (Å²) in [6.45, 7) is 10.2. The third-order valence-electron chi connectivity index (χ3n) is 4.75. The summed E-state index contributed by atoms with van der Waals surface area (Å²) in [5, 5.41) is 3.57. The molecule has 2 heterocycles. The van der Waals surface area contributed by atoms with Gasteiger partial charge in [-0.3, -0.25) is 14.6 Å². The average molecular weight is 421 g/mol. The van der Waals surface area contributed by atoms with Gasteiger partial charge >= 0.3 is 0 Å². The van der Waals surface area contributed by atoms with Gasteiger partial charge in [-0.15, -0.1) is 0 Å². The molecule has 1 aromatic carbocycles. The highest BCUT2D eigenvalue weighted by Gasteiger charge is 2.18. The maximum absolute atomic E-state index is 12.1. The number of ether oxygens (including phenoxy) is 1. The van der Waals surface area contributed by atoms with E-state index in [0.717, 1.165) is 50.0 Å². The van der Waals surface area contributed by atoms with Gasteiger partial charge in [0.2, 0.25) is 5.89 Å². The van der Waals surface area contributed by atoms with Crippen LogP contribution >= 0.6 is 11.6 Å². The first-order chi connectivity index (χ1) is 14.0. The van der Waals surface area contributed by atoms with Gasteiger partial charge in [0.15, 0.2) is 5.69 Å². The van der Waals surface area contributed by atoms with E-state index in [1.54, 1.807) is 0 Å². The van der Waals surface area contributed by atoms with Gasteiger partial charge < -0.3 is 14.5 Å². The molecule has 0 aliphatic carbocycles. The molecular formula is C21H29ClN4O3. The number of aromatic nitrogens is 1. The van der Waals surface area contributed by atoms with Crippen LogP contribution in [-0.2, 0) is 17.8 Å². The van der Waals surface area contributed by atoms with Crippen LogP contribution < -0.4 is 5.32 Å². The third-order valence-corrected chi connectivity index (χ3v) is 5.12. The molecule has 0 spiro atoms. The van der Waals surface area contributed by atoms with Gasteiger partial charge in [0, 0.05) is 43.8 Å². The number of halogens is 1. The van der Waals surface area contributed by atoms with Crippen molar-refractivity contribution in [2.24, 2.45) is 0 Å². The highest BCUT2D eigenvalue weighted by Crippen LogP contribution is 2.18. The van der Waals surface area contributed by atoms with E-state index in [2.05, 4.69) is 20.1 Å². The van der Waals surface area contributed by atoms with E-state index in [0.29, 0.717) is 24.7 Å². The maximum Gasteiger partial charge on any atom is 0.273 e. The van der Waals surface area contributed by atoms with Crippen molar-refractivity contribution in [2.75, 3.05) is 39.4 Å². The van der Waals surface area contributed by atoms with Crippen molar-refractivity contribution in [2.45, 2.75) is 33.0 Å². The molecule has 1 fully saturated rings. The zero-order valence-electron chi connectivity index (χ0n) is 17.1. The van der Waals surface area contributed by atoms with Crippen molar-refractivity contribution >= 4 is 17.5 Å². The summed E-state index contributed by atoms with van der Waals surface area (Å²) in [4.78, 5) is 21.1. The molecule has 7 nitrogen and oxygen atoms in total.